The highest BCUT2D eigenvalue weighted by atomic mass is 19.4. The van der Waals surface area contributed by atoms with Gasteiger partial charge in [0.25, 0.3) is 5.56 Å². The van der Waals surface area contributed by atoms with Crippen LogP contribution in [0.1, 0.15) is 12.0 Å². The van der Waals surface area contributed by atoms with E-state index in [1.54, 1.807) is 18.2 Å². The highest BCUT2D eigenvalue weighted by Gasteiger charge is 2.33. The summed E-state index contributed by atoms with van der Waals surface area (Å²) in [5.41, 5.74) is -2.25. The maximum Gasteiger partial charge on any atom is 0.418 e. The average molecular weight is 377 g/mol. The lowest BCUT2D eigenvalue weighted by molar-refractivity contribution is -0.137. The van der Waals surface area contributed by atoms with Gasteiger partial charge in [0.1, 0.15) is 0 Å². The maximum atomic E-state index is 13.0. The number of hydrogen-bond acceptors (Lipinski definition) is 3. The Balaban J connectivity index is 1.79. The van der Waals surface area contributed by atoms with E-state index in [1.807, 2.05) is 0 Å². The molecule has 3 rings (SSSR count). The van der Waals surface area contributed by atoms with Crippen molar-refractivity contribution in [2.45, 2.75) is 19.1 Å². The molecule has 0 saturated carbocycles. The molecular formula is C18H14F3N3O3. The zero-order valence-electron chi connectivity index (χ0n) is 13.8. The van der Waals surface area contributed by atoms with Crippen LogP contribution in [0, 0.1) is 0 Å². The zero-order chi connectivity index (χ0) is 19.6. The highest BCUT2D eigenvalue weighted by Crippen LogP contribution is 2.34. The summed E-state index contributed by atoms with van der Waals surface area (Å²) in [7, 11) is 0. The number of carbonyl (C=O) groups excluding carboxylic acids is 1. The first kappa shape index (κ1) is 18.4. The van der Waals surface area contributed by atoms with Gasteiger partial charge in [-0.05, 0) is 24.3 Å². The second-order valence-electron chi connectivity index (χ2n) is 5.77. The molecule has 2 N–H and O–H groups in total. The topological polar surface area (TPSA) is 84.0 Å². The van der Waals surface area contributed by atoms with Crippen molar-refractivity contribution in [3.8, 4) is 0 Å². The first-order valence-electron chi connectivity index (χ1n) is 7.95. The molecule has 1 amide bonds. The van der Waals surface area contributed by atoms with E-state index in [-0.39, 0.29) is 24.0 Å². The van der Waals surface area contributed by atoms with E-state index < -0.39 is 28.9 Å². The van der Waals surface area contributed by atoms with E-state index >= 15 is 0 Å². The van der Waals surface area contributed by atoms with Crippen LogP contribution in [0.15, 0.2) is 58.1 Å². The predicted octanol–water partition coefficient (Wildman–Crippen LogP) is 2.74. The molecule has 27 heavy (non-hydrogen) atoms. The summed E-state index contributed by atoms with van der Waals surface area (Å²) in [5, 5.41) is 2.45. The second kappa shape index (κ2) is 7.10. The van der Waals surface area contributed by atoms with E-state index in [2.05, 4.69) is 10.3 Å². The molecule has 0 atom stereocenters. The fourth-order valence-corrected chi connectivity index (χ4v) is 2.67. The van der Waals surface area contributed by atoms with Gasteiger partial charge < -0.3 is 10.3 Å². The Morgan fingerprint density at radius 3 is 2.44 bits per heavy atom. The van der Waals surface area contributed by atoms with Crippen LogP contribution in [0.3, 0.4) is 0 Å². The van der Waals surface area contributed by atoms with Crippen LogP contribution in [0.4, 0.5) is 18.9 Å². The number of nitrogens with one attached hydrogen (secondary N) is 2. The summed E-state index contributed by atoms with van der Waals surface area (Å²) in [6.07, 6.45) is -4.95. The van der Waals surface area contributed by atoms with Gasteiger partial charge in [-0.1, -0.05) is 24.3 Å². The molecule has 1 aromatic heterocycles. The Hall–Kier alpha value is -3.36. The summed E-state index contributed by atoms with van der Waals surface area (Å²) in [6, 6.07) is 11.0. The monoisotopic (exact) mass is 377 g/mol. The summed E-state index contributed by atoms with van der Waals surface area (Å²) in [5.74, 6) is -0.744. The minimum Gasteiger partial charge on any atom is -0.325 e. The molecule has 3 aromatic rings. The molecule has 140 valence electrons. The molecule has 9 heteroatoms. The minimum absolute atomic E-state index is 0.265. The number of aromatic amines is 1. The number of nitrogens with zero attached hydrogens (tertiary/aromatic N) is 1. The lowest BCUT2D eigenvalue weighted by atomic mass is 10.1. The molecule has 0 aliphatic rings. The van der Waals surface area contributed by atoms with Gasteiger partial charge in [-0.15, -0.1) is 0 Å². The van der Waals surface area contributed by atoms with Crippen molar-refractivity contribution in [1.29, 1.82) is 0 Å². The number of fused-ring (bicyclic) bond motifs is 1. The highest BCUT2D eigenvalue weighted by molar-refractivity contribution is 5.91. The van der Waals surface area contributed by atoms with Crippen LogP contribution in [0.2, 0.25) is 0 Å². The summed E-state index contributed by atoms with van der Waals surface area (Å²) in [4.78, 5) is 39.0. The van der Waals surface area contributed by atoms with Gasteiger partial charge in [-0.2, -0.15) is 13.2 Å². The van der Waals surface area contributed by atoms with Gasteiger partial charge >= 0.3 is 11.9 Å². The normalized spacial score (nSPS) is 11.5. The molecule has 6 nitrogen and oxygen atoms in total. The Morgan fingerprint density at radius 1 is 1.04 bits per heavy atom. The minimum atomic E-state index is -4.61. The van der Waals surface area contributed by atoms with Crippen LogP contribution in [-0.2, 0) is 17.5 Å². The number of alkyl halides is 3. The fourth-order valence-electron chi connectivity index (χ4n) is 2.67. The number of anilines is 1. The molecule has 0 aliphatic carbocycles. The molecule has 0 radical (unpaired) electrons. The largest absolute Gasteiger partial charge is 0.418 e. The maximum absolute atomic E-state index is 13.0. The summed E-state index contributed by atoms with van der Waals surface area (Å²) < 4.78 is 39.7. The molecular weight excluding hydrogens is 363 g/mol. The van der Waals surface area contributed by atoms with Crippen molar-refractivity contribution in [3.63, 3.8) is 0 Å². The number of hydrogen-bond donors (Lipinski definition) is 2. The van der Waals surface area contributed by atoms with Crippen LogP contribution >= 0.6 is 0 Å². The number of halogens is 3. The van der Waals surface area contributed by atoms with Crippen molar-refractivity contribution >= 4 is 22.5 Å². The van der Waals surface area contributed by atoms with Crippen LogP contribution in [-0.4, -0.2) is 15.5 Å². The Labute approximate surface area is 150 Å². The fraction of sp³-hybridized carbons (Fsp3) is 0.167. The van der Waals surface area contributed by atoms with E-state index in [0.29, 0.717) is 5.52 Å². The predicted molar refractivity (Wildman–Crippen MR) is 93.5 cm³/mol. The van der Waals surface area contributed by atoms with Crippen molar-refractivity contribution in [2.75, 3.05) is 5.32 Å². The molecule has 0 fully saturated rings. The van der Waals surface area contributed by atoms with Gasteiger partial charge in [0.05, 0.1) is 22.2 Å². The first-order chi connectivity index (χ1) is 12.8. The van der Waals surface area contributed by atoms with Crippen molar-refractivity contribution in [2.24, 2.45) is 0 Å². The average Bonchev–Trinajstić information content (AvgIpc) is 2.61. The van der Waals surface area contributed by atoms with Gasteiger partial charge in [0.15, 0.2) is 0 Å². The standard InChI is InChI=1S/C18H14F3N3O3/c19-18(20,21)12-6-2-4-8-14(12)22-15(25)9-10-24-16(26)11-5-1-3-7-13(11)23-17(24)27/h1-8H,9-10H2,(H,22,25)(H,23,27). The van der Waals surface area contributed by atoms with Crippen LogP contribution in [0.25, 0.3) is 10.9 Å². The summed E-state index contributed by atoms with van der Waals surface area (Å²) >= 11 is 0. The molecule has 2 aromatic carbocycles. The SMILES string of the molecule is O=C(CCn1c(=O)[nH]c2ccccc2c1=O)Nc1ccccc1C(F)(F)F. The smallest absolute Gasteiger partial charge is 0.325 e. The third kappa shape index (κ3) is 3.91. The zero-order valence-corrected chi connectivity index (χ0v) is 13.8. The van der Waals surface area contributed by atoms with E-state index in [9.17, 15) is 27.6 Å². The number of benzene rings is 2. The van der Waals surface area contributed by atoms with Crippen molar-refractivity contribution < 1.29 is 18.0 Å². The molecule has 0 bridgehead atoms. The first-order valence-corrected chi connectivity index (χ1v) is 7.95. The quantitative estimate of drug-likeness (QED) is 0.733. The third-order valence-corrected chi connectivity index (χ3v) is 3.96. The molecule has 1 heterocycles. The number of H-pyrrole nitrogens is 1. The number of carbonyl (C=O) groups is 1. The number of amides is 1. The molecule has 0 aliphatic heterocycles. The van der Waals surface area contributed by atoms with Gasteiger partial charge in [-0.25, -0.2) is 4.79 Å². The van der Waals surface area contributed by atoms with Crippen LogP contribution < -0.4 is 16.6 Å². The lowest BCUT2D eigenvalue weighted by Gasteiger charge is -2.13. The summed E-state index contributed by atoms with van der Waals surface area (Å²) in [6.45, 7) is -0.265. The van der Waals surface area contributed by atoms with Crippen molar-refractivity contribution in [3.05, 3.63) is 74.9 Å². The van der Waals surface area contributed by atoms with Crippen molar-refractivity contribution in [1.82, 2.24) is 9.55 Å². The van der Waals surface area contributed by atoms with Gasteiger partial charge in [0.2, 0.25) is 5.91 Å². The molecule has 0 spiro atoms. The van der Waals surface area contributed by atoms with Gasteiger partial charge in [0, 0.05) is 13.0 Å². The molecule has 0 saturated heterocycles. The Bertz CT molecular complexity index is 1120. The van der Waals surface area contributed by atoms with Gasteiger partial charge in [-0.3, -0.25) is 14.2 Å². The lowest BCUT2D eigenvalue weighted by Crippen LogP contribution is -2.36. The van der Waals surface area contributed by atoms with E-state index in [4.69, 9.17) is 0 Å². The second-order valence-corrected chi connectivity index (χ2v) is 5.77. The molecule has 0 unspecified atom stereocenters. The third-order valence-electron chi connectivity index (χ3n) is 3.96. The number of rotatable bonds is 4. The number of aromatic nitrogens is 2. The van der Waals surface area contributed by atoms with E-state index in [0.717, 1.165) is 16.7 Å². The van der Waals surface area contributed by atoms with E-state index in [1.165, 1.54) is 18.2 Å². The Morgan fingerprint density at radius 2 is 1.70 bits per heavy atom. The van der Waals surface area contributed by atoms with Crippen LogP contribution in [0.5, 0.6) is 0 Å². The Kier molecular flexibility index (Phi) is 4.85. The number of para-hydroxylation sites is 2.